The van der Waals surface area contributed by atoms with Gasteiger partial charge in [-0.3, -0.25) is 4.79 Å². The van der Waals surface area contributed by atoms with Crippen molar-refractivity contribution in [1.29, 1.82) is 0 Å². The normalized spacial score (nSPS) is 12.7. The van der Waals surface area contributed by atoms with Crippen LogP contribution in [0.25, 0.3) is 11.1 Å². The number of esters is 1. The Hall–Kier alpha value is -2.34. The number of rotatable bonds is 6. The fourth-order valence-electron chi connectivity index (χ4n) is 2.94. The Morgan fingerprint density at radius 2 is 1.89 bits per heavy atom. The summed E-state index contributed by atoms with van der Waals surface area (Å²) in [5, 5.41) is 3.22. The van der Waals surface area contributed by atoms with E-state index in [2.05, 4.69) is 5.32 Å². The SMILES string of the molecule is CCNCc1cc(C)ccc1-c1cc([C@H](C)C(=O)OC)cc(C(F)(F)F)c1. The average molecular weight is 379 g/mol. The fourth-order valence-corrected chi connectivity index (χ4v) is 2.94. The molecule has 0 unspecified atom stereocenters. The van der Waals surface area contributed by atoms with Gasteiger partial charge >= 0.3 is 12.1 Å². The van der Waals surface area contributed by atoms with E-state index in [0.717, 1.165) is 29.8 Å². The summed E-state index contributed by atoms with van der Waals surface area (Å²) in [5.74, 6) is -1.37. The molecule has 1 atom stereocenters. The van der Waals surface area contributed by atoms with Crippen LogP contribution in [0.2, 0.25) is 0 Å². The topological polar surface area (TPSA) is 38.3 Å². The highest BCUT2D eigenvalue weighted by Gasteiger charge is 2.32. The molecule has 2 aromatic carbocycles. The maximum atomic E-state index is 13.4. The zero-order valence-electron chi connectivity index (χ0n) is 15.9. The maximum Gasteiger partial charge on any atom is 0.416 e. The summed E-state index contributed by atoms with van der Waals surface area (Å²) in [6, 6.07) is 9.44. The van der Waals surface area contributed by atoms with Gasteiger partial charge < -0.3 is 10.1 Å². The van der Waals surface area contributed by atoms with Crippen molar-refractivity contribution in [3.8, 4) is 11.1 Å². The third kappa shape index (κ3) is 5.10. The second-order valence-electron chi connectivity index (χ2n) is 6.53. The first kappa shape index (κ1) is 21.0. The Labute approximate surface area is 157 Å². The molecule has 3 nitrogen and oxygen atoms in total. The monoisotopic (exact) mass is 379 g/mol. The Balaban J connectivity index is 2.64. The second kappa shape index (κ2) is 8.57. The molecule has 1 N–H and O–H groups in total. The van der Waals surface area contributed by atoms with Gasteiger partial charge in [-0.1, -0.05) is 36.8 Å². The molecule has 0 radical (unpaired) electrons. The summed E-state index contributed by atoms with van der Waals surface area (Å²) in [6.07, 6.45) is -4.51. The van der Waals surface area contributed by atoms with Crippen LogP contribution in [0.3, 0.4) is 0 Å². The number of nitrogens with one attached hydrogen (secondary N) is 1. The van der Waals surface area contributed by atoms with Crippen LogP contribution in [-0.4, -0.2) is 19.6 Å². The summed E-state index contributed by atoms with van der Waals surface area (Å²) in [7, 11) is 1.22. The molecule has 0 fully saturated rings. The van der Waals surface area contributed by atoms with Crippen molar-refractivity contribution in [2.75, 3.05) is 13.7 Å². The summed E-state index contributed by atoms with van der Waals surface area (Å²) >= 11 is 0. The molecule has 0 aliphatic carbocycles. The molecule has 0 aliphatic heterocycles. The zero-order valence-corrected chi connectivity index (χ0v) is 15.9. The standard InChI is InChI=1S/C21H24F3NO2/c1-5-25-12-17-8-13(2)6-7-19(17)16-9-15(14(3)20(26)27-4)10-18(11-16)21(22,23)24/h6-11,14,25H,5,12H2,1-4H3/t14-/m0/s1. The number of ether oxygens (including phenoxy) is 1. The molecule has 2 aromatic rings. The predicted octanol–water partition coefficient (Wildman–Crippen LogP) is 5.07. The Morgan fingerprint density at radius 1 is 1.19 bits per heavy atom. The largest absolute Gasteiger partial charge is 0.469 e. The number of halogens is 3. The molecule has 0 aromatic heterocycles. The average Bonchev–Trinajstić information content (AvgIpc) is 2.64. The van der Waals surface area contributed by atoms with E-state index in [-0.39, 0.29) is 5.56 Å². The summed E-state index contributed by atoms with van der Waals surface area (Å²) in [4.78, 5) is 11.9. The smallest absolute Gasteiger partial charge is 0.416 e. The Bertz CT molecular complexity index is 816. The second-order valence-corrected chi connectivity index (χ2v) is 6.53. The van der Waals surface area contributed by atoms with E-state index in [1.54, 1.807) is 13.0 Å². The molecule has 0 amide bonds. The number of hydrogen-bond donors (Lipinski definition) is 1. The van der Waals surface area contributed by atoms with Gasteiger partial charge in [-0.05, 0) is 54.8 Å². The number of carbonyl (C=O) groups excluding carboxylic acids is 1. The Kier molecular flexibility index (Phi) is 6.65. The summed E-state index contributed by atoms with van der Waals surface area (Å²) in [5.41, 5.74) is 2.59. The lowest BCUT2D eigenvalue weighted by Crippen LogP contribution is -2.14. The van der Waals surface area contributed by atoms with E-state index in [4.69, 9.17) is 4.74 Å². The molecule has 2 rings (SSSR count). The highest BCUT2D eigenvalue weighted by atomic mass is 19.4. The number of alkyl halides is 3. The molecular weight excluding hydrogens is 355 g/mol. The Morgan fingerprint density at radius 3 is 2.48 bits per heavy atom. The van der Waals surface area contributed by atoms with Gasteiger partial charge in [-0.2, -0.15) is 13.2 Å². The van der Waals surface area contributed by atoms with E-state index >= 15 is 0 Å². The maximum absolute atomic E-state index is 13.4. The van der Waals surface area contributed by atoms with E-state index in [1.165, 1.54) is 7.11 Å². The van der Waals surface area contributed by atoms with Gasteiger partial charge in [0.15, 0.2) is 0 Å². The van der Waals surface area contributed by atoms with Crippen LogP contribution in [0, 0.1) is 6.92 Å². The van der Waals surface area contributed by atoms with Crippen molar-refractivity contribution < 1.29 is 22.7 Å². The van der Waals surface area contributed by atoms with Crippen molar-refractivity contribution in [3.05, 3.63) is 58.7 Å². The summed E-state index contributed by atoms with van der Waals surface area (Å²) < 4.78 is 45.0. The molecule has 0 heterocycles. The number of carbonyl (C=O) groups is 1. The molecule has 146 valence electrons. The van der Waals surface area contributed by atoms with Crippen LogP contribution < -0.4 is 5.32 Å². The minimum Gasteiger partial charge on any atom is -0.469 e. The third-order valence-electron chi connectivity index (χ3n) is 4.47. The minimum absolute atomic E-state index is 0.279. The molecular formula is C21H24F3NO2. The van der Waals surface area contributed by atoms with Crippen LogP contribution in [0.5, 0.6) is 0 Å². The van der Waals surface area contributed by atoms with Gasteiger partial charge in [0, 0.05) is 6.54 Å². The van der Waals surface area contributed by atoms with E-state index in [0.29, 0.717) is 17.7 Å². The van der Waals surface area contributed by atoms with Gasteiger partial charge in [-0.25, -0.2) is 0 Å². The number of hydrogen-bond acceptors (Lipinski definition) is 3. The van der Waals surface area contributed by atoms with Gasteiger partial charge in [0.25, 0.3) is 0 Å². The minimum atomic E-state index is -4.51. The quantitative estimate of drug-likeness (QED) is 0.713. The van der Waals surface area contributed by atoms with Gasteiger partial charge in [0.05, 0.1) is 18.6 Å². The van der Waals surface area contributed by atoms with Crippen LogP contribution in [0.4, 0.5) is 13.2 Å². The lowest BCUT2D eigenvalue weighted by atomic mass is 9.91. The van der Waals surface area contributed by atoms with Gasteiger partial charge in [-0.15, -0.1) is 0 Å². The van der Waals surface area contributed by atoms with Gasteiger partial charge in [0.1, 0.15) is 0 Å². The van der Waals surface area contributed by atoms with E-state index < -0.39 is 23.6 Å². The van der Waals surface area contributed by atoms with Crippen molar-refractivity contribution in [2.24, 2.45) is 0 Å². The van der Waals surface area contributed by atoms with E-state index in [1.807, 2.05) is 32.0 Å². The van der Waals surface area contributed by atoms with Gasteiger partial charge in [0.2, 0.25) is 0 Å². The molecule has 0 aliphatic rings. The number of methoxy groups -OCH3 is 1. The lowest BCUT2D eigenvalue weighted by Gasteiger charge is -2.18. The van der Waals surface area contributed by atoms with Crippen LogP contribution in [0.1, 0.15) is 42.0 Å². The molecule has 0 bridgehead atoms. The van der Waals surface area contributed by atoms with Crippen LogP contribution in [-0.2, 0) is 22.3 Å². The molecule has 0 saturated carbocycles. The highest BCUT2D eigenvalue weighted by molar-refractivity contribution is 5.79. The predicted molar refractivity (Wildman–Crippen MR) is 99.4 cm³/mol. The molecule has 6 heteroatoms. The van der Waals surface area contributed by atoms with Crippen LogP contribution >= 0.6 is 0 Å². The zero-order chi connectivity index (χ0) is 20.2. The first-order valence-electron chi connectivity index (χ1n) is 8.78. The fraction of sp³-hybridized carbons (Fsp3) is 0.381. The first-order chi connectivity index (χ1) is 12.7. The third-order valence-corrected chi connectivity index (χ3v) is 4.47. The van der Waals surface area contributed by atoms with Crippen LogP contribution in [0.15, 0.2) is 36.4 Å². The first-order valence-corrected chi connectivity index (χ1v) is 8.78. The molecule has 27 heavy (non-hydrogen) atoms. The summed E-state index contributed by atoms with van der Waals surface area (Å²) in [6.45, 7) is 6.75. The lowest BCUT2D eigenvalue weighted by molar-refractivity contribution is -0.142. The van der Waals surface area contributed by atoms with Crippen molar-refractivity contribution in [2.45, 2.75) is 39.4 Å². The number of benzene rings is 2. The highest BCUT2D eigenvalue weighted by Crippen LogP contribution is 2.36. The van der Waals surface area contributed by atoms with E-state index in [9.17, 15) is 18.0 Å². The molecule has 0 saturated heterocycles. The van der Waals surface area contributed by atoms with Crippen molar-refractivity contribution in [1.82, 2.24) is 5.32 Å². The number of aryl methyl sites for hydroxylation is 1. The molecule has 0 spiro atoms. The van der Waals surface area contributed by atoms with Crippen molar-refractivity contribution >= 4 is 5.97 Å². The van der Waals surface area contributed by atoms with Crippen molar-refractivity contribution in [3.63, 3.8) is 0 Å².